The minimum Gasteiger partial charge on any atom is -0.267 e. The van der Waals surface area contributed by atoms with Gasteiger partial charge in [0.15, 0.2) is 5.16 Å². The van der Waals surface area contributed by atoms with Crippen LogP contribution in [0.25, 0.3) is 0 Å². The number of hydrazone groups is 1. The molecule has 28 heavy (non-hydrogen) atoms. The van der Waals surface area contributed by atoms with Crippen LogP contribution in [0.4, 0.5) is 0 Å². The van der Waals surface area contributed by atoms with Gasteiger partial charge in [0.25, 0.3) is 5.91 Å². The number of aromatic nitrogens is 2. The molecule has 2 aromatic rings. The van der Waals surface area contributed by atoms with E-state index in [9.17, 15) is 4.79 Å². The van der Waals surface area contributed by atoms with Gasteiger partial charge in [-0.2, -0.15) is 5.10 Å². The van der Waals surface area contributed by atoms with Gasteiger partial charge in [0.2, 0.25) is 0 Å². The maximum atomic E-state index is 12.4. The molecular formula is C22H28N4OS. The Morgan fingerprint density at radius 2 is 1.61 bits per heavy atom. The highest BCUT2D eigenvalue weighted by Crippen LogP contribution is 2.20. The number of amides is 1. The second-order valence-electron chi connectivity index (χ2n) is 7.31. The van der Waals surface area contributed by atoms with Crippen molar-refractivity contribution in [2.45, 2.75) is 69.7 Å². The van der Waals surface area contributed by atoms with Crippen LogP contribution in [0.2, 0.25) is 0 Å². The highest BCUT2D eigenvalue weighted by atomic mass is 32.2. The predicted molar refractivity (Wildman–Crippen MR) is 115 cm³/mol. The normalized spacial score (nSPS) is 14.9. The molecule has 6 heteroatoms. The van der Waals surface area contributed by atoms with Crippen molar-refractivity contribution in [1.29, 1.82) is 0 Å². The molecule has 148 valence electrons. The molecule has 0 bridgehead atoms. The summed E-state index contributed by atoms with van der Waals surface area (Å²) in [7, 11) is 0. The Morgan fingerprint density at radius 3 is 2.25 bits per heavy atom. The van der Waals surface area contributed by atoms with Gasteiger partial charge in [-0.1, -0.05) is 43.2 Å². The Morgan fingerprint density at radius 1 is 1.00 bits per heavy atom. The minimum absolute atomic E-state index is 0.147. The maximum Gasteiger partial charge on any atom is 0.271 e. The van der Waals surface area contributed by atoms with E-state index in [0.717, 1.165) is 46.4 Å². The quantitative estimate of drug-likeness (QED) is 0.428. The second kappa shape index (κ2) is 10.4. The van der Waals surface area contributed by atoms with Gasteiger partial charge in [0.05, 0.1) is 0 Å². The van der Waals surface area contributed by atoms with Crippen molar-refractivity contribution in [1.82, 2.24) is 15.4 Å². The molecular weight excluding hydrogens is 368 g/mol. The first-order chi connectivity index (χ1) is 13.6. The third-order valence-corrected chi connectivity index (χ3v) is 5.71. The lowest BCUT2D eigenvalue weighted by molar-refractivity contribution is 0.0954. The minimum atomic E-state index is -0.147. The molecule has 1 heterocycles. The van der Waals surface area contributed by atoms with Gasteiger partial charge >= 0.3 is 0 Å². The van der Waals surface area contributed by atoms with E-state index in [0.29, 0.717) is 5.56 Å². The summed E-state index contributed by atoms with van der Waals surface area (Å²) in [6.45, 7) is 3.96. The topological polar surface area (TPSA) is 67.2 Å². The first-order valence-electron chi connectivity index (χ1n) is 10.00. The Bertz CT molecular complexity index is 803. The fourth-order valence-electron chi connectivity index (χ4n) is 3.28. The Labute approximate surface area is 171 Å². The number of hydrogen-bond donors (Lipinski definition) is 1. The smallest absolute Gasteiger partial charge is 0.267 e. The summed E-state index contributed by atoms with van der Waals surface area (Å²) in [5.74, 6) is 0.624. The van der Waals surface area contributed by atoms with Gasteiger partial charge in [0, 0.05) is 28.4 Å². The SMILES string of the molecule is Cc1cc(C)nc(SCc2ccc(C(=O)NN=C3CCCCCCC3)cc2)n1. The zero-order valence-corrected chi connectivity index (χ0v) is 17.5. The Balaban J connectivity index is 1.53. The number of rotatable bonds is 5. The molecule has 1 aromatic heterocycles. The molecule has 3 rings (SSSR count). The molecule has 1 saturated carbocycles. The molecule has 5 nitrogen and oxygen atoms in total. The third-order valence-electron chi connectivity index (χ3n) is 4.79. The van der Waals surface area contributed by atoms with E-state index >= 15 is 0 Å². The van der Waals surface area contributed by atoms with Crippen LogP contribution in [-0.4, -0.2) is 21.6 Å². The molecule has 0 radical (unpaired) electrons. The predicted octanol–water partition coefficient (Wildman–Crippen LogP) is 5.22. The fraction of sp³-hybridized carbons (Fsp3) is 0.455. The first-order valence-corrected chi connectivity index (χ1v) is 11.0. The van der Waals surface area contributed by atoms with Crippen LogP contribution in [0.3, 0.4) is 0 Å². The van der Waals surface area contributed by atoms with Crippen molar-refractivity contribution in [3.63, 3.8) is 0 Å². The molecule has 1 fully saturated rings. The molecule has 1 N–H and O–H groups in total. The number of nitrogens with zero attached hydrogens (tertiary/aromatic N) is 3. The van der Waals surface area contributed by atoms with E-state index < -0.39 is 0 Å². The summed E-state index contributed by atoms with van der Waals surface area (Å²) in [4.78, 5) is 21.3. The summed E-state index contributed by atoms with van der Waals surface area (Å²) >= 11 is 1.60. The van der Waals surface area contributed by atoms with E-state index in [1.165, 1.54) is 32.1 Å². The van der Waals surface area contributed by atoms with Gasteiger partial charge in [-0.25, -0.2) is 15.4 Å². The largest absolute Gasteiger partial charge is 0.271 e. The van der Waals surface area contributed by atoms with Crippen LogP contribution in [-0.2, 0) is 5.75 Å². The molecule has 0 saturated heterocycles. The molecule has 1 aliphatic rings. The summed E-state index contributed by atoms with van der Waals surface area (Å²) in [6.07, 6.45) is 8.18. The van der Waals surface area contributed by atoms with Gasteiger partial charge < -0.3 is 0 Å². The maximum absolute atomic E-state index is 12.4. The monoisotopic (exact) mass is 396 g/mol. The van der Waals surface area contributed by atoms with Crippen molar-refractivity contribution in [2.75, 3.05) is 0 Å². The molecule has 0 atom stereocenters. The van der Waals surface area contributed by atoms with Crippen molar-refractivity contribution in [2.24, 2.45) is 5.10 Å². The van der Waals surface area contributed by atoms with E-state index in [2.05, 4.69) is 20.5 Å². The lowest BCUT2D eigenvalue weighted by atomic mass is 9.99. The number of hydrogen-bond acceptors (Lipinski definition) is 5. The highest BCUT2D eigenvalue weighted by molar-refractivity contribution is 7.98. The zero-order chi connectivity index (χ0) is 19.8. The van der Waals surface area contributed by atoms with Crippen LogP contribution >= 0.6 is 11.8 Å². The summed E-state index contributed by atoms with van der Waals surface area (Å²) < 4.78 is 0. The van der Waals surface area contributed by atoms with Gasteiger partial charge in [0.1, 0.15) is 0 Å². The number of thioether (sulfide) groups is 1. The summed E-state index contributed by atoms with van der Waals surface area (Å²) in [6, 6.07) is 9.64. The molecule has 1 aromatic carbocycles. The van der Waals surface area contributed by atoms with E-state index in [1.54, 1.807) is 11.8 Å². The van der Waals surface area contributed by atoms with E-state index in [1.807, 2.05) is 44.2 Å². The Kier molecular flexibility index (Phi) is 7.60. The van der Waals surface area contributed by atoms with Crippen molar-refractivity contribution >= 4 is 23.4 Å². The van der Waals surface area contributed by atoms with Crippen molar-refractivity contribution in [3.8, 4) is 0 Å². The van der Waals surface area contributed by atoms with Crippen molar-refractivity contribution < 1.29 is 4.79 Å². The fourth-order valence-corrected chi connectivity index (χ4v) is 4.18. The number of carbonyl (C=O) groups is 1. The standard InChI is InChI=1S/C22H28N4OS/c1-16-14-17(2)24-22(23-16)28-15-18-10-12-19(13-11-18)21(27)26-25-20-8-6-4-3-5-7-9-20/h10-14H,3-9,15H2,1-2H3,(H,26,27). The van der Waals surface area contributed by atoms with E-state index in [-0.39, 0.29) is 5.91 Å². The van der Waals surface area contributed by atoms with E-state index in [4.69, 9.17) is 0 Å². The number of benzene rings is 1. The lowest BCUT2D eigenvalue weighted by Crippen LogP contribution is -2.20. The average Bonchev–Trinajstić information content (AvgIpc) is 2.65. The van der Waals surface area contributed by atoms with Gasteiger partial charge in [-0.05, 0) is 63.3 Å². The molecule has 0 aliphatic heterocycles. The number of carbonyl (C=O) groups excluding carboxylic acids is 1. The van der Waals surface area contributed by atoms with Crippen molar-refractivity contribution in [3.05, 3.63) is 52.8 Å². The molecule has 1 amide bonds. The van der Waals surface area contributed by atoms with Crippen LogP contribution in [0.15, 0.2) is 40.6 Å². The van der Waals surface area contributed by atoms with Gasteiger partial charge in [-0.15, -0.1) is 0 Å². The summed E-state index contributed by atoms with van der Waals surface area (Å²) in [5.41, 5.74) is 7.58. The van der Waals surface area contributed by atoms with Crippen LogP contribution < -0.4 is 5.43 Å². The van der Waals surface area contributed by atoms with Crippen LogP contribution in [0.5, 0.6) is 0 Å². The molecule has 1 aliphatic carbocycles. The lowest BCUT2D eigenvalue weighted by Gasteiger charge is -2.11. The number of nitrogens with one attached hydrogen (secondary N) is 1. The molecule has 0 unspecified atom stereocenters. The van der Waals surface area contributed by atoms with Crippen LogP contribution in [0.1, 0.15) is 72.3 Å². The molecule has 0 spiro atoms. The van der Waals surface area contributed by atoms with Crippen LogP contribution in [0, 0.1) is 13.8 Å². The Hall–Kier alpha value is -2.21. The highest BCUT2D eigenvalue weighted by Gasteiger charge is 2.08. The zero-order valence-electron chi connectivity index (χ0n) is 16.7. The summed E-state index contributed by atoms with van der Waals surface area (Å²) in [5, 5.41) is 5.16. The van der Waals surface area contributed by atoms with Gasteiger partial charge in [-0.3, -0.25) is 4.79 Å². The second-order valence-corrected chi connectivity index (χ2v) is 8.25. The third kappa shape index (κ3) is 6.44. The number of aryl methyl sites for hydroxylation is 2. The first kappa shape index (κ1) is 20.5. The average molecular weight is 397 g/mol.